The van der Waals surface area contributed by atoms with Crippen molar-refractivity contribution in [2.24, 2.45) is 0 Å². The Balaban J connectivity index is 1.64. The summed E-state index contributed by atoms with van der Waals surface area (Å²) in [5.74, 6) is 0.344. The van der Waals surface area contributed by atoms with E-state index >= 15 is 0 Å². The van der Waals surface area contributed by atoms with Crippen LogP contribution in [0.25, 0.3) is 0 Å². The largest absolute Gasteiger partial charge is 0.472 e. The molecular formula is C16H13BrN4O2. The Bertz CT molecular complexity index is 775. The van der Waals surface area contributed by atoms with Crippen molar-refractivity contribution in [2.75, 3.05) is 13.1 Å². The molecule has 1 aliphatic heterocycles. The second-order valence-electron chi connectivity index (χ2n) is 5.17. The van der Waals surface area contributed by atoms with Crippen LogP contribution >= 0.6 is 15.9 Å². The van der Waals surface area contributed by atoms with Gasteiger partial charge < -0.3 is 9.64 Å². The Morgan fingerprint density at radius 1 is 1.43 bits per heavy atom. The molecule has 23 heavy (non-hydrogen) atoms. The Hall–Kier alpha value is -2.46. The number of hydrogen-bond donors (Lipinski definition) is 0. The molecule has 6 nitrogen and oxygen atoms in total. The zero-order valence-electron chi connectivity index (χ0n) is 12.1. The zero-order valence-corrected chi connectivity index (χ0v) is 13.7. The number of rotatable bonds is 3. The highest BCUT2D eigenvalue weighted by Gasteiger charge is 2.28. The summed E-state index contributed by atoms with van der Waals surface area (Å²) in [6.45, 7) is 1.11. The normalized spacial score (nSPS) is 16.9. The van der Waals surface area contributed by atoms with E-state index < -0.39 is 0 Å². The minimum Gasteiger partial charge on any atom is -0.472 e. The number of hydrogen-bond acceptors (Lipinski definition) is 5. The molecule has 0 spiro atoms. The standard InChI is InChI=1S/C16H13BrN4O2/c17-13-6-12(8-19-9-13)16(22)21-4-2-14(10-21)23-15-5-11(7-18)1-3-20-15/h1,3,5-6,8-9,14H,2,4,10H2. The SMILES string of the molecule is N#Cc1ccnc(OC2CCN(C(=O)c3cncc(Br)c3)C2)c1. The first-order chi connectivity index (χ1) is 11.2. The van der Waals surface area contributed by atoms with Gasteiger partial charge >= 0.3 is 0 Å². The van der Waals surface area contributed by atoms with Crippen molar-refractivity contribution in [3.05, 3.63) is 52.4 Å². The van der Waals surface area contributed by atoms with Gasteiger partial charge in [0.25, 0.3) is 5.91 Å². The second-order valence-corrected chi connectivity index (χ2v) is 6.08. The van der Waals surface area contributed by atoms with E-state index in [9.17, 15) is 4.79 Å². The van der Waals surface area contributed by atoms with Crippen LogP contribution in [-0.2, 0) is 0 Å². The molecule has 1 saturated heterocycles. The predicted octanol–water partition coefficient (Wildman–Crippen LogP) is 2.40. The lowest BCUT2D eigenvalue weighted by atomic mass is 10.2. The highest BCUT2D eigenvalue weighted by Crippen LogP contribution is 2.20. The molecule has 1 atom stereocenters. The van der Waals surface area contributed by atoms with Gasteiger partial charge in [-0.1, -0.05) is 0 Å². The first kappa shape index (κ1) is 15.4. The quantitative estimate of drug-likeness (QED) is 0.826. The third-order valence-corrected chi connectivity index (χ3v) is 3.97. The van der Waals surface area contributed by atoms with Crippen molar-refractivity contribution in [1.82, 2.24) is 14.9 Å². The number of carbonyl (C=O) groups excluding carboxylic acids is 1. The number of halogens is 1. The lowest BCUT2D eigenvalue weighted by Crippen LogP contribution is -2.31. The number of aromatic nitrogens is 2. The number of amides is 1. The van der Waals surface area contributed by atoms with Gasteiger partial charge in [-0.05, 0) is 28.1 Å². The Labute approximate surface area is 141 Å². The van der Waals surface area contributed by atoms with Gasteiger partial charge in [-0.25, -0.2) is 4.98 Å². The average Bonchev–Trinajstić information content (AvgIpc) is 3.03. The van der Waals surface area contributed by atoms with E-state index in [4.69, 9.17) is 10.00 Å². The van der Waals surface area contributed by atoms with E-state index in [1.54, 1.807) is 41.7 Å². The van der Waals surface area contributed by atoms with Crippen molar-refractivity contribution >= 4 is 21.8 Å². The highest BCUT2D eigenvalue weighted by atomic mass is 79.9. The molecule has 2 aromatic rings. The molecule has 0 aromatic carbocycles. The van der Waals surface area contributed by atoms with Crippen molar-refractivity contribution in [1.29, 1.82) is 5.26 Å². The summed E-state index contributed by atoms with van der Waals surface area (Å²) in [5.41, 5.74) is 1.05. The smallest absolute Gasteiger partial charge is 0.255 e. The second kappa shape index (κ2) is 6.75. The summed E-state index contributed by atoms with van der Waals surface area (Å²) in [5, 5.41) is 8.89. The van der Waals surface area contributed by atoms with Crippen LogP contribution in [0.2, 0.25) is 0 Å². The van der Waals surface area contributed by atoms with Crippen LogP contribution in [0.3, 0.4) is 0 Å². The van der Waals surface area contributed by atoms with Gasteiger partial charge in [-0.2, -0.15) is 5.26 Å². The van der Waals surface area contributed by atoms with Gasteiger partial charge in [0.2, 0.25) is 5.88 Å². The molecule has 1 amide bonds. The monoisotopic (exact) mass is 372 g/mol. The van der Waals surface area contributed by atoms with Crippen LogP contribution in [0, 0.1) is 11.3 Å². The Morgan fingerprint density at radius 3 is 3.09 bits per heavy atom. The van der Waals surface area contributed by atoms with Crippen LogP contribution in [0.4, 0.5) is 0 Å². The Morgan fingerprint density at radius 2 is 2.30 bits per heavy atom. The lowest BCUT2D eigenvalue weighted by molar-refractivity contribution is 0.0770. The molecule has 0 radical (unpaired) electrons. The van der Waals surface area contributed by atoms with E-state index in [-0.39, 0.29) is 12.0 Å². The van der Waals surface area contributed by atoms with Crippen LogP contribution in [0.5, 0.6) is 5.88 Å². The first-order valence-electron chi connectivity index (χ1n) is 7.08. The first-order valence-corrected chi connectivity index (χ1v) is 7.87. The molecule has 3 heterocycles. The van der Waals surface area contributed by atoms with Crippen LogP contribution in [-0.4, -0.2) is 40.0 Å². The molecular weight excluding hydrogens is 360 g/mol. The van der Waals surface area contributed by atoms with Crippen molar-refractivity contribution in [2.45, 2.75) is 12.5 Å². The van der Waals surface area contributed by atoms with Gasteiger partial charge in [0.1, 0.15) is 6.10 Å². The van der Waals surface area contributed by atoms with Gasteiger partial charge in [0.05, 0.1) is 23.7 Å². The molecule has 2 aromatic heterocycles. The molecule has 7 heteroatoms. The molecule has 1 aliphatic rings. The number of pyridine rings is 2. The lowest BCUT2D eigenvalue weighted by Gasteiger charge is -2.17. The average molecular weight is 373 g/mol. The minimum absolute atomic E-state index is 0.0661. The fourth-order valence-corrected chi connectivity index (χ4v) is 2.80. The number of carbonyl (C=O) groups is 1. The summed E-state index contributed by atoms with van der Waals surface area (Å²) in [6, 6.07) is 7.02. The Kier molecular flexibility index (Phi) is 4.53. The van der Waals surface area contributed by atoms with Gasteiger partial charge in [-0.15, -0.1) is 0 Å². The highest BCUT2D eigenvalue weighted by molar-refractivity contribution is 9.10. The van der Waals surface area contributed by atoms with Gasteiger partial charge in [0, 0.05) is 42.1 Å². The third-order valence-electron chi connectivity index (χ3n) is 3.54. The van der Waals surface area contributed by atoms with Gasteiger partial charge in [0.15, 0.2) is 0 Å². The van der Waals surface area contributed by atoms with E-state index in [1.807, 2.05) is 0 Å². The summed E-state index contributed by atoms with van der Waals surface area (Å²) in [7, 11) is 0. The van der Waals surface area contributed by atoms with E-state index in [0.717, 1.165) is 10.9 Å². The number of likely N-dealkylation sites (tertiary alicyclic amines) is 1. The molecule has 0 N–H and O–H groups in total. The fraction of sp³-hybridized carbons (Fsp3) is 0.250. The van der Waals surface area contributed by atoms with Gasteiger partial charge in [-0.3, -0.25) is 9.78 Å². The topological polar surface area (TPSA) is 79.1 Å². The molecule has 116 valence electrons. The molecule has 0 bridgehead atoms. The maximum atomic E-state index is 12.4. The summed E-state index contributed by atoms with van der Waals surface area (Å²) in [6.07, 6.45) is 5.34. The van der Waals surface area contributed by atoms with E-state index in [0.29, 0.717) is 30.1 Å². The third kappa shape index (κ3) is 3.66. The number of ether oxygens (including phenoxy) is 1. The fourth-order valence-electron chi connectivity index (χ4n) is 2.43. The maximum absolute atomic E-state index is 12.4. The number of nitrogens with zero attached hydrogens (tertiary/aromatic N) is 4. The van der Waals surface area contributed by atoms with Crippen molar-refractivity contribution in [3.8, 4) is 11.9 Å². The number of nitriles is 1. The predicted molar refractivity (Wildman–Crippen MR) is 85.8 cm³/mol. The molecule has 0 saturated carbocycles. The van der Waals surface area contributed by atoms with Crippen molar-refractivity contribution in [3.63, 3.8) is 0 Å². The minimum atomic E-state index is -0.125. The van der Waals surface area contributed by atoms with E-state index in [2.05, 4.69) is 32.0 Å². The van der Waals surface area contributed by atoms with Crippen LogP contribution in [0.1, 0.15) is 22.3 Å². The van der Waals surface area contributed by atoms with Crippen LogP contribution < -0.4 is 4.74 Å². The summed E-state index contributed by atoms with van der Waals surface area (Å²) < 4.78 is 6.55. The van der Waals surface area contributed by atoms with Crippen LogP contribution in [0.15, 0.2) is 41.3 Å². The summed E-state index contributed by atoms with van der Waals surface area (Å²) in [4.78, 5) is 22.3. The molecule has 3 rings (SSSR count). The van der Waals surface area contributed by atoms with Crippen molar-refractivity contribution < 1.29 is 9.53 Å². The maximum Gasteiger partial charge on any atom is 0.255 e. The molecule has 0 aliphatic carbocycles. The van der Waals surface area contributed by atoms with E-state index in [1.165, 1.54) is 0 Å². The summed E-state index contributed by atoms with van der Waals surface area (Å²) >= 11 is 3.32. The zero-order chi connectivity index (χ0) is 16.2. The molecule has 1 fully saturated rings. The molecule has 1 unspecified atom stereocenters.